The van der Waals surface area contributed by atoms with Gasteiger partial charge in [-0.2, -0.15) is 0 Å². The second kappa shape index (κ2) is 5.15. The highest BCUT2D eigenvalue weighted by molar-refractivity contribution is 6.00. The van der Waals surface area contributed by atoms with Gasteiger partial charge in [0.25, 0.3) is 5.91 Å². The van der Waals surface area contributed by atoms with Crippen molar-refractivity contribution in [3.05, 3.63) is 23.8 Å². The van der Waals surface area contributed by atoms with Gasteiger partial charge in [-0.1, -0.05) is 6.42 Å². The van der Waals surface area contributed by atoms with Crippen LogP contribution in [0.4, 0.5) is 5.69 Å². The maximum atomic E-state index is 12.2. The summed E-state index contributed by atoms with van der Waals surface area (Å²) in [6.07, 6.45) is 3.04. The third kappa shape index (κ3) is 2.35. The van der Waals surface area contributed by atoms with Gasteiger partial charge in [0.2, 0.25) is 5.91 Å². The average Bonchev–Trinajstić information content (AvgIpc) is 2.49. The number of hydrogen-bond donors (Lipinski definition) is 1. The molecule has 0 aromatic heterocycles. The fourth-order valence-corrected chi connectivity index (χ4v) is 2.42. The lowest BCUT2D eigenvalue weighted by Crippen LogP contribution is -2.29. The van der Waals surface area contributed by atoms with E-state index in [0.29, 0.717) is 30.2 Å². The first-order valence-electron chi connectivity index (χ1n) is 6.98. The Hall–Kier alpha value is -2.04. The minimum atomic E-state index is -0.0720. The first-order valence-corrected chi connectivity index (χ1v) is 6.98. The van der Waals surface area contributed by atoms with Crippen molar-refractivity contribution < 1.29 is 14.3 Å². The van der Waals surface area contributed by atoms with Crippen LogP contribution >= 0.6 is 0 Å². The third-order valence-electron chi connectivity index (χ3n) is 3.98. The zero-order valence-corrected chi connectivity index (χ0v) is 11.5. The molecule has 0 bridgehead atoms. The maximum absolute atomic E-state index is 12.2. The van der Waals surface area contributed by atoms with Crippen LogP contribution in [0, 0.1) is 5.92 Å². The van der Waals surface area contributed by atoms with E-state index in [1.165, 1.54) is 0 Å². The molecule has 1 fully saturated rings. The number of carbonyl (C=O) groups excluding carboxylic acids is 2. The van der Waals surface area contributed by atoms with E-state index in [-0.39, 0.29) is 17.7 Å². The van der Waals surface area contributed by atoms with E-state index >= 15 is 0 Å². The molecule has 3 rings (SSSR count). The molecule has 1 aliphatic heterocycles. The second-order valence-corrected chi connectivity index (χ2v) is 5.40. The molecule has 0 spiro atoms. The second-order valence-electron chi connectivity index (χ2n) is 5.40. The molecule has 0 atom stereocenters. The molecule has 1 aromatic rings. The lowest BCUT2D eigenvalue weighted by molar-refractivity contribution is -0.122. The minimum absolute atomic E-state index is 0.0477. The molecule has 0 unspecified atom stereocenters. The SMILES string of the molecule is CN1CCOc2ccc(NC(=O)C3CCC3)cc2C1=O. The molecule has 20 heavy (non-hydrogen) atoms. The first kappa shape index (κ1) is 13.0. The fraction of sp³-hybridized carbons (Fsp3) is 0.467. The molecule has 1 aromatic carbocycles. The summed E-state index contributed by atoms with van der Waals surface area (Å²) in [4.78, 5) is 25.8. The molecule has 2 aliphatic rings. The van der Waals surface area contributed by atoms with Crippen molar-refractivity contribution >= 4 is 17.5 Å². The van der Waals surface area contributed by atoms with Gasteiger partial charge in [-0.25, -0.2) is 0 Å². The van der Waals surface area contributed by atoms with E-state index in [2.05, 4.69) is 5.32 Å². The highest BCUT2D eigenvalue weighted by Gasteiger charge is 2.26. The van der Waals surface area contributed by atoms with Crippen LogP contribution in [0.5, 0.6) is 5.75 Å². The van der Waals surface area contributed by atoms with E-state index < -0.39 is 0 Å². The van der Waals surface area contributed by atoms with Gasteiger partial charge in [-0.05, 0) is 31.0 Å². The number of hydrogen-bond acceptors (Lipinski definition) is 3. The standard InChI is InChI=1S/C15H18N2O3/c1-17-7-8-20-13-6-5-11(9-12(13)15(17)19)16-14(18)10-3-2-4-10/h5-6,9-10H,2-4,7-8H2,1H3,(H,16,18). The Labute approximate surface area is 117 Å². The summed E-state index contributed by atoms with van der Waals surface area (Å²) >= 11 is 0. The lowest BCUT2D eigenvalue weighted by Gasteiger charge is -2.24. The predicted octanol–water partition coefficient (Wildman–Crippen LogP) is 1.89. The Morgan fingerprint density at radius 1 is 1.40 bits per heavy atom. The number of carbonyl (C=O) groups is 2. The molecule has 1 aliphatic carbocycles. The number of anilines is 1. The van der Waals surface area contributed by atoms with Crippen molar-refractivity contribution in [3.8, 4) is 5.75 Å². The number of likely N-dealkylation sites (N-methyl/N-ethyl adjacent to an activating group) is 1. The molecule has 5 nitrogen and oxygen atoms in total. The summed E-state index contributed by atoms with van der Waals surface area (Å²) in [7, 11) is 1.75. The molecular weight excluding hydrogens is 256 g/mol. The van der Waals surface area contributed by atoms with Gasteiger partial charge in [0.1, 0.15) is 12.4 Å². The topological polar surface area (TPSA) is 58.6 Å². The number of nitrogens with zero attached hydrogens (tertiary/aromatic N) is 1. The molecule has 106 valence electrons. The Balaban J connectivity index is 1.82. The summed E-state index contributed by atoms with van der Waals surface area (Å²) in [5.74, 6) is 0.688. The minimum Gasteiger partial charge on any atom is -0.491 e. The van der Waals surface area contributed by atoms with Gasteiger partial charge in [0.15, 0.2) is 0 Å². The van der Waals surface area contributed by atoms with Gasteiger partial charge in [0.05, 0.1) is 12.1 Å². The largest absolute Gasteiger partial charge is 0.491 e. The zero-order chi connectivity index (χ0) is 14.1. The Bertz CT molecular complexity index is 552. The monoisotopic (exact) mass is 274 g/mol. The lowest BCUT2D eigenvalue weighted by atomic mass is 9.85. The third-order valence-corrected chi connectivity index (χ3v) is 3.98. The normalized spacial score (nSPS) is 18.6. The molecule has 0 saturated heterocycles. The van der Waals surface area contributed by atoms with Crippen molar-refractivity contribution in [2.24, 2.45) is 5.92 Å². The van der Waals surface area contributed by atoms with Gasteiger partial charge in [-0.3, -0.25) is 9.59 Å². The predicted molar refractivity (Wildman–Crippen MR) is 74.9 cm³/mol. The molecule has 0 radical (unpaired) electrons. The maximum Gasteiger partial charge on any atom is 0.257 e. The summed E-state index contributed by atoms with van der Waals surface area (Å²) < 4.78 is 5.55. The molecule has 5 heteroatoms. The van der Waals surface area contributed by atoms with Crippen molar-refractivity contribution in [3.63, 3.8) is 0 Å². The molecule has 2 amide bonds. The van der Waals surface area contributed by atoms with E-state index in [9.17, 15) is 9.59 Å². The number of benzene rings is 1. The quantitative estimate of drug-likeness (QED) is 0.896. The summed E-state index contributed by atoms with van der Waals surface area (Å²) in [5.41, 5.74) is 1.17. The number of nitrogens with one attached hydrogen (secondary N) is 1. The zero-order valence-electron chi connectivity index (χ0n) is 11.5. The summed E-state index contributed by atoms with van der Waals surface area (Å²) in [6.45, 7) is 1.06. The Kier molecular flexibility index (Phi) is 3.34. The summed E-state index contributed by atoms with van der Waals surface area (Å²) in [5, 5.41) is 2.88. The van der Waals surface area contributed by atoms with Gasteiger partial charge in [0, 0.05) is 18.7 Å². The van der Waals surface area contributed by atoms with Crippen molar-refractivity contribution in [1.29, 1.82) is 0 Å². The van der Waals surface area contributed by atoms with E-state index in [0.717, 1.165) is 19.3 Å². The van der Waals surface area contributed by atoms with Crippen LogP contribution in [0.2, 0.25) is 0 Å². The highest BCUT2D eigenvalue weighted by Crippen LogP contribution is 2.29. The van der Waals surface area contributed by atoms with Crippen LogP contribution in [0.15, 0.2) is 18.2 Å². The number of amides is 2. The number of ether oxygens (including phenoxy) is 1. The van der Waals surface area contributed by atoms with E-state index in [1.807, 2.05) is 0 Å². The van der Waals surface area contributed by atoms with Gasteiger partial charge >= 0.3 is 0 Å². The van der Waals surface area contributed by atoms with Crippen molar-refractivity contribution in [2.75, 3.05) is 25.5 Å². The van der Waals surface area contributed by atoms with Crippen LogP contribution in [0.3, 0.4) is 0 Å². The van der Waals surface area contributed by atoms with E-state index in [4.69, 9.17) is 4.74 Å². The van der Waals surface area contributed by atoms with Crippen LogP contribution in [0.25, 0.3) is 0 Å². The number of rotatable bonds is 2. The number of fused-ring (bicyclic) bond motifs is 1. The van der Waals surface area contributed by atoms with Crippen LogP contribution < -0.4 is 10.1 Å². The Morgan fingerprint density at radius 2 is 2.20 bits per heavy atom. The molecule has 1 heterocycles. The molecule has 1 N–H and O–H groups in total. The average molecular weight is 274 g/mol. The highest BCUT2D eigenvalue weighted by atomic mass is 16.5. The first-order chi connectivity index (χ1) is 9.65. The fourth-order valence-electron chi connectivity index (χ4n) is 2.42. The molecule has 1 saturated carbocycles. The van der Waals surface area contributed by atoms with Gasteiger partial charge < -0.3 is 15.0 Å². The van der Waals surface area contributed by atoms with Crippen LogP contribution in [-0.2, 0) is 4.79 Å². The Morgan fingerprint density at radius 3 is 2.90 bits per heavy atom. The summed E-state index contributed by atoms with van der Waals surface area (Å²) in [6, 6.07) is 5.24. The van der Waals surface area contributed by atoms with Crippen molar-refractivity contribution in [2.45, 2.75) is 19.3 Å². The van der Waals surface area contributed by atoms with Gasteiger partial charge in [-0.15, -0.1) is 0 Å². The molecular formula is C15H18N2O3. The van der Waals surface area contributed by atoms with E-state index in [1.54, 1.807) is 30.1 Å². The van der Waals surface area contributed by atoms with Crippen LogP contribution in [0.1, 0.15) is 29.6 Å². The smallest absolute Gasteiger partial charge is 0.257 e. The van der Waals surface area contributed by atoms with Crippen LogP contribution in [-0.4, -0.2) is 36.9 Å². The van der Waals surface area contributed by atoms with Crippen molar-refractivity contribution in [1.82, 2.24) is 4.90 Å².